The van der Waals surface area contributed by atoms with Gasteiger partial charge in [0.2, 0.25) is 0 Å². The molecule has 1 aromatic carbocycles. The van der Waals surface area contributed by atoms with Crippen molar-refractivity contribution in [1.82, 2.24) is 0 Å². The predicted molar refractivity (Wildman–Crippen MR) is 81.5 cm³/mol. The molecule has 0 radical (unpaired) electrons. The minimum atomic E-state index is -0.642. The molecule has 0 aliphatic rings. The van der Waals surface area contributed by atoms with Crippen molar-refractivity contribution in [2.75, 3.05) is 18.5 Å². The van der Waals surface area contributed by atoms with Gasteiger partial charge >= 0.3 is 12.1 Å². The second-order valence-corrected chi connectivity index (χ2v) is 4.67. The highest BCUT2D eigenvalue weighted by molar-refractivity contribution is 5.88. The lowest BCUT2D eigenvalue weighted by atomic mass is 10.00. The number of carbonyl (C=O) groups is 2. The maximum absolute atomic E-state index is 11.8. The van der Waals surface area contributed by atoms with Gasteiger partial charge in [-0.25, -0.2) is 9.59 Å². The van der Waals surface area contributed by atoms with Crippen LogP contribution < -0.4 is 5.32 Å². The number of ether oxygens (including phenoxy) is 2. The van der Waals surface area contributed by atoms with Crippen LogP contribution in [0, 0.1) is 6.92 Å². The first-order valence-corrected chi connectivity index (χ1v) is 7.23. The van der Waals surface area contributed by atoms with E-state index in [4.69, 9.17) is 9.47 Å². The van der Waals surface area contributed by atoms with Crippen LogP contribution in [0.5, 0.6) is 0 Å². The van der Waals surface area contributed by atoms with Gasteiger partial charge in [0, 0.05) is 0 Å². The molecule has 0 unspecified atom stereocenters. The first-order valence-electron chi connectivity index (χ1n) is 7.23. The molecule has 0 aromatic heterocycles. The Hall–Kier alpha value is -2.04. The molecule has 0 aliphatic heterocycles. The van der Waals surface area contributed by atoms with Gasteiger partial charge in [-0.15, -0.1) is 0 Å². The Labute approximate surface area is 125 Å². The molecule has 0 saturated carbocycles. The SMILES string of the molecule is CCOC(=O)COC(=O)Nc1c(CC)cc(C)cc1CC. The third kappa shape index (κ3) is 5.10. The van der Waals surface area contributed by atoms with E-state index in [1.54, 1.807) is 6.92 Å². The van der Waals surface area contributed by atoms with E-state index in [0.29, 0.717) is 0 Å². The summed E-state index contributed by atoms with van der Waals surface area (Å²) in [7, 11) is 0. The van der Waals surface area contributed by atoms with Crippen molar-refractivity contribution in [3.63, 3.8) is 0 Å². The van der Waals surface area contributed by atoms with Gasteiger partial charge in [0.15, 0.2) is 6.61 Å². The van der Waals surface area contributed by atoms with Gasteiger partial charge in [-0.3, -0.25) is 5.32 Å². The van der Waals surface area contributed by atoms with Gasteiger partial charge in [-0.1, -0.05) is 31.5 Å². The number of anilines is 1. The topological polar surface area (TPSA) is 64.6 Å². The highest BCUT2D eigenvalue weighted by Crippen LogP contribution is 2.24. The maximum atomic E-state index is 11.8. The van der Waals surface area contributed by atoms with Crippen molar-refractivity contribution < 1.29 is 19.1 Å². The number of rotatable bonds is 6. The molecule has 1 aromatic rings. The number of nitrogens with one attached hydrogen (secondary N) is 1. The smallest absolute Gasteiger partial charge is 0.412 e. The number of benzene rings is 1. The molecular formula is C16H23NO4. The van der Waals surface area contributed by atoms with Crippen molar-refractivity contribution in [2.24, 2.45) is 0 Å². The first kappa shape index (κ1) is 17.0. The molecule has 21 heavy (non-hydrogen) atoms. The second-order valence-electron chi connectivity index (χ2n) is 4.67. The minimum absolute atomic E-state index is 0.266. The summed E-state index contributed by atoms with van der Waals surface area (Å²) in [6.07, 6.45) is 0.973. The van der Waals surface area contributed by atoms with E-state index in [0.717, 1.165) is 35.2 Å². The van der Waals surface area contributed by atoms with Crippen LogP contribution in [-0.4, -0.2) is 25.3 Å². The molecule has 0 atom stereocenters. The predicted octanol–water partition coefficient (Wildman–Crippen LogP) is 3.23. The molecule has 0 saturated heterocycles. The van der Waals surface area contributed by atoms with E-state index < -0.39 is 12.1 Å². The summed E-state index contributed by atoms with van der Waals surface area (Å²) in [5, 5.41) is 2.74. The Kier molecular flexibility index (Phi) is 6.72. The highest BCUT2D eigenvalue weighted by Gasteiger charge is 2.13. The molecule has 0 bridgehead atoms. The molecule has 0 spiro atoms. The zero-order chi connectivity index (χ0) is 15.8. The Bertz CT molecular complexity index is 486. The van der Waals surface area contributed by atoms with E-state index in [9.17, 15) is 9.59 Å². The van der Waals surface area contributed by atoms with Crippen molar-refractivity contribution in [3.05, 3.63) is 28.8 Å². The lowest BCUT2D eigenvalue weighted by Gasteiger charge is -2.15. The Morgan fingerprint density at radius 1 is 1.05 bits per heavy atom. The zero-order valence-electron chi connectivity index (χ0n) is 13.1. The molecule has 0 heterocycles. The van der Waals surface area contributed by atoms with Crippen molar-refractivity contribution >= 4 is 17.7 Å². The standard InChI is InChI=1S/C16H23NO4/c1-5-12-8-11(4)9-13(6-2)15(12)17-16(19)21-10-14(18)20-7-3/h8-9H,5-7,10H2,1-4H3,(H,17,19). The van der Waals surface area contributed by atoms with Crippen LogP contribution in [0.2, 0.25) is 0 Å². The number of amides is 1. The lowest BCUT2D eigenvalue weighted by Crippen LogP contribution is -2.21. The number of hydrogen-bond donors (Lipinski definition) is 1. The monoisotopic (exact) mass is 293 g/mol. The molecular weight excluding hydrogens is 270 g/mol. The Morgan fingerprint density at radius 2 is 1.62 bits per heavy atom. The third-order valence-corrected chi connectivity index (χ3v) is 3.06. The maximum Gasteiger partial charge on any atom is 0.412 e. The highest BCUT2D eigenvalue weighted by atomic mass is 16.6. The molecule has 5 heteroatoms. The minimum Gasteiger partial charge on any atom is -0.463 e. The number of aryl methyl sites for hydroxylation is 3. The van der Waals surface area contributed by atoms with E-state index >= 15 is 0 Å². The van der Waals surface area contributed by atoms with Crippen LogP contribution in [0.15, 0.2) is 12.1 Å². The largest absolute Gasteiger partial charge is 0.463 e. The molecule has 1 amide bonds. The summed E-state index contributed by atoms with van der Waals surface area (Å²) in [5.41, 5.74) is 4.05. The van der Waals surface area contributed by atoms with Crippen LogP contribution in [0.4, 0.5) is 10.5 Å². The molecule has 116 valence electrons. The van der Waals surface area contributed by atoms with Crippen molar-refractivity contribution in [1.29, 1.82) is 0 Å². The van der Waals surface area contributed by atoms with Gasteiger partial charge in [0.05, 0.1) is 12.3 Å². The van der Waals surface area contributed by atoms with Crippen LogP contribution >= 0.6 is 0 Å². The van der Waals surface area contributed by atoms with Gasteiger partial charge in [0.25, 0.3) is 0 Å². The molecule has 1 N–H and O–H groups in total. The van der Waals surface area contributed by atoms with Gasteiger partial charge < -0.3 is 9.47 Å². The van der Waals surface area contributed by atoms with Gasteiger partial charge in [0.1, 0.15) is 0 Å². The summed E-state index contributed by atoms with van der Waals surface area (Å²) in [6.45, 7) is 7.68. The van der Waals surface area contributed by atoms with Gasteiger partial charge in [-0.05, 0) is 37.8 Å². The van der Waals surface area contributed by atoms with Crippen LogP contribution in [0.1, 0.15) is 37.5 Å². The Morgan fingerprint density at radius 3 is 2.10 bits per heavy atom. The van der Waals surface area contributed by atoms with E-state index in [2.05, 4.69) is 5.32 Å². The normalized spacial score (nSPS) is 10.1. The quantitative estimate of drug-likeness (QED) is 0.818. The molecule has 0 fully saturated rings. The third-order valence-electron chi connectivity index (χ3n) is 3.06. The number of carbonyl (C=O) groups excluding carboxylic acids is 2. The van der Waals surface area contributed by atoms with Crippen LogP contribution in [-0.2, 0) is 27.1 Å². The summed E-state index contributed by atoms with van der Waals surface area (Å²) in [6, 6.07) is 4.08. The lowest BCUT2D eigenvalue weighted by molar-refractivity contribution is -0.146. The summed E-state index contributed by atoms with van der Waals surface area (Å²) in [4.78, 5) is 23.0. The second kappa shape index (κ2) is 8.29. The van der Waals surface area contributed by atoms with Gasteiger partial charge in [-0.2, -0.15) is 0 Å². The number of esters is 1. The van der Waals surface area contributed by atoms with E-state index in [1.807, 2.05) is 32.9 Å². The fourth-order valence-corrected chi connectivity index (χ4v) is 2.13. The molecule has 1 rings (SSSR count). The number of hydrogen-bond acceptors (Lipinski definition) is 4. The fourth-order valence-electron chi connectivity index (χ4n) is 2.13. The average molecular weight is 293 g/mol. The van der Waals surface area contributed by atoms with E-state index in [-0.39, 0.29) is 13.2 Å². The fraction of sp³-hybridized carbons (Fsp3) is 0.500. The van der Waals surface area contributed by atoms with Crippen molar-refractivity contribution in [2.45, 2.75) is 40.5 Å². The zero-order valence-corrected chi connectivity index (χ0v) is 13.1. The Balaban J connectivity index is 2.77. The van der Waals surface area contributed by atoms with Crippen LogP contribution in [0.3, 0.4) is 0 Å². The molecule has 5 nitrogen and oxygen atoms in total. The molecule has 0 aliphatic carbocycles. The summed E-state index contributed by atoms with van der Waals surface area (Å²) in [5.74, 6) is -0.553. The van der Waals surface area contributed by atoms with E-state index in [1.165, 1.54) is 0 Å². The first-order chi connectivity index (χ1) is 10.0. The summed E-state index contributed by atoms with van der Waals surface area (Å²) >= 11 is 0. The average Bonchev–Trinajstić information content (AvgIpc) is 2.46. The van der Waals surface area contributed by atoms with Crippen LogP contribution in [0.25, 0.3) is 0 Å². The van der Waals surface area contributed by atoms with Crippen molar-refractivity contribution in [3.8, 4) is 0 Å². The summed E-state index contributed by atoms with van der Waals surface area (Å²) < 4.78 is 9.57.